The van der Waals surface area contributed by atoms with Gasteiger partial charge < -0.3 is 9.84 Å². The molecule has 21 heavy (non-hydrogen) atoms. The van der Waals surface area contributed by atoms with Gasteiger partial charge in [0.05, 0.1) is 10.5 Å². The Kier molecular flexibility index (Phi) is 4.15. The van der Waals surface area contributed by atoms with Crippen molar-refractivity contribution < 1.29 is 23.1 Å². The van der Waals surface area contributed by atoms with Crippen molar-refractivity contribution in [2.24, 2.45) is 0 Å². The molecule has 1 heterocycles. The molecule has 1 N–H and O–H groups in total. The van der Waals surface area contributed by atoms with Crippen molar-refractivity contribution in [3.05, 3.63) is 47.1 Å². The van der Waals surface area contributed by atoms with Crippen LogP contribution in [0.2, 0.25) is 5.02 Å². The maximum absolute atomic E-state index is 11.5. The van der Waals surface area contributed by atoms with E-state index in [-0.39, 0.29) is 27.1 Å². The van der Waals surface area contributed by atoms with E-state index in [4.69, 9.17) is 21.4 Å². The summed E-state index contributed by atoms with van der Waals surface area (Å²) in [5.41, 5.74) is -0.0720. The Labute approximate surface area is 125 Å². The summed E-state index contributed by atoms with van der Waals surface area (Å²) in [6, 6.07) is 7.03. The molecule has 0 saturated carbocycles. The summed E-state index contributed by atoms with van der Waals surface area (Å²) in [5.74, 6) is -0.933. The van der Waals surface area contributed by atoms with E-state index >= 15 is 0 Å². The number of hydrogen-bond acceptors (Lipinski definition) is 5. The fraction of sp³-hybridized carbons (Fsp3) is 0.0769. The predicted octanol–water partition coefficient (Wildman–Crippen LogP) is 2.63. The number of aromatic carboxylic acids is 1. The molecule has 0 radical (unpaired) electrons. The van der Waals surface area contributed by atoms with E-state index < -0.39 is 15.8 Å². The summed E-state index contributed by atoms with van der Waals surface area (Å²) in [6.07, 6.45) is 2.18. The van der Waals surface area contributed by atoms with Gasteiger partial charge in [-0.25, -0.2) is 18.2 Å². The van der Waals surface area contributed by atoms with Crippen molar-refractivity contribution in [3.8, 4) is 11.6 Å². The first-order valence-electron chi connectivity index (χ1n) is 5.64. The quantitative estimate of drug-likeness (QED) is 0.927. The van der Waals surface area contributed by atoms with Gasteiger partial charge in [-0.2, -0.15) is 0 Å². The first-order valence-corrected chi connectivity index (χ1v) is 7.91. The van der Waals surface area contributed by atoms with Crippen molar-refractivity contribution in [2.75, 3.05) is 6.26 Å². The predicted molar refractivity (Wildman–Crippen MR) is 75.8 cm³/mol. The minimum atomic E-state index is -3.36. The van der Waals surface area contributed by atoms with Crippen LogP contribution in [-0.4, -0.2) is 30.7 Å². The van der Waals surface area contributed by atoms with Crippen LogP contribution in [0, 0.1) is 0 Å². The van der Waals surface area contributed by atoms with Crippen molar-refractivity contribution in [3.63, 3.8) is 0 Å². The van der Waals surface area contributed by atoms with Crippen LogP contribution in [0.15, 0.2) is 41.4 Å². The van der Waals surface area contributed by atoms with Crippen molar-refractivity contribution in [2.45, 2.75) is 4.90 Å². The van der Waals surface area contributed by atoms with E-state index in [1.54, 1.807) is 0 Å². The van der Waals surface area contributed by atoms with Gasteiger partial charge >= 0.3 is 5.97 Å². The molecule has 1 aromatic carbocycles. The summed E-state index contributed by atoms with van der Waals surface area (Å²) in [7, 11) is -3.36. The SMILES string of the molecule is CS(=O)(=O)c1cccc(Oc2ncc(C(=O)O)cc2Cl)c1. The lowest BCUT2D eigenvalue weighted by Crippen LogP contribution is -1.99. The number of nitrogens with zero attached hydrogens (tertiary/aromatic N) is 1. The molecule has 0 saturated heterocycles. The minimum Gasteiger partial charge on any atom is -0.478 e. The Balaban J connectivity index is 2.33. The first kappa shape index (κ1) is 15.3. The standard InChI is InChI=1S/C13H10ClNO5S/c1-21(18,19)10-4-2-3-9(6-10)20-12-11(14)5-8(7-15-12)13(16)17/h2-7H,1H3,(H,16,17). The van der Waals surface area contributed by atoms with Gasteiger partial charge in [0.2, 0.25) is 5.88 Å². The Morgan fingerprint density at radius 1 is 1.33 bits per heavy atom. The van der Waals surface area contributed by atoms with Crippen LogP contribution in [0.5, 0.6) is 11.6 Å². The molecule has 0 aliphatic heterocycles. The molecule has 0 fully saturated rings. The molecule has 0 atom stereocenters. The van der Waals surface area contributed by atoms with Gasteiger partial charge in [0, 0.05) is 12.5 Å². The van der Waals surface area contributed by atoms with E-state index in [1.165, 1.54) is 30.3 Å². The largest absolute Gasteiger partial charge is 0.478 e. The molecule has 2 aromatic rings. The molecule has 1 aromatic heterocycles. The third-order valence-corrected chi connectivity index (χ3v) is 3.88. The fourth-order valence-electron chi connectivity index (χ4n) is 1.50. The van der Waals surface area contributed by atoms with Crippen LogP contribution in [0.25, 0.3) is 0 Å². The molecule has 0 amide bonds. The second-order valence-corrected chi connectivity index (χ2v) is 6.59. The van der Waals surface area contributed by atoms with Gasteiger partial charge in [0.1, 0.15) is 10.8 Å². The van der Waals surface area contributed by atoms with Gasteiger partial charge in [-0.05, 0) is 24.3 Å². The van der Waals surface area contributed by atoms with Crippen LogP contribution in [0.1, 0.15) is 10.4 Å². The number of carbonyl (C=O) groups is 1. The first-order chi connectivity index (χ1) is 9.77. The monoisotopic (exact) mass is 327 g/mol. The number of sulfone groups is 1. The zero-order chi connectivity index (χ0) is 15.6. The van der Waals surface area contributed by atoms with Crippen molar-refractivity contribution >= 4 is 27.4 Å². The average Bonchev–Trinajstić information content (AvgIpc) is 2.40. The number of carboxylic acid groups (broad SMARTS) is 1. The van der Waals surface area contributed by atoms with Crippen LogP contribution in [0.3, 0.4) is 0 Å². The highest BCUT2D eigenvalue weighted by molar-refractivity contribution is 7.90. The molecular formula is C13H10ClNO5S. The number of hydrogen-bond donors (Lipinski definition) is 1. The second kappa shape index (κ2) is 5.71. The number of ether oxygens (including phenoxy) is 1. The number of carboxylic acids is 1. The van der Waals surface area contributed by atoms with Gasteiger partial charge in [0.25, 0.3) is 0 Å². The normalized spacial score (nSPS) is 11.1. The maximum Gasteiger partial charge on any atom is 0.337 e. The zero-order valence-electron chi connectivity index (χ0n) is 10.8. The van der Waals surface area contributed by atoms with Crippen molar-refractivity contribution in [1.29, 1.82) is 0 Å². The molecule has 0 bridgehead atoms. The van der Waals surface area contributed by atoms with E-state index in [9.17, 15) is 13.2 Å². The van der Waals surface area contributed by atoms with Gasteiger partial charge in [0.15, 0.2) is 9.84 Å². The number of halogens is 1. The van der Waals surface area contributed by atoms with E-state index in [0.717, 1.165) is 12.5 Å². The lowest BCUT2D eigenvalue weighted by molar-refractivity contribution is 0.0696. The number of benzene rings is 1. The minimum absolute atomic E-state index is 0.00711. The molecule has 2 rings (SSSR count). The molecule has 110 valence electrons. The topological polar surface area (TPSA) is 93.6 Å². The Morgan fingerprint density at radius 2 is 2.05 bits per heavy atom. The van der Waals surface area contributed by atoms with Crippen molar-refractivity contribution in [1.82, 2.24) is 4.98 Å². The van der Waals surface area contributed by atoms with Gasteiger partial charge in [-0.15, -0.1) is 0 Å². The molecule has 0 spiro atoms. The molecule has 0 aliphatic rings. The molecule has 8 heteroatoms. The van der Waals surface area contributed by atoms with Crippen LogP contribution >= 0.6 is 11.6 Å². The van der Waals surface area contributed by atoms with E-state index in [0.29, 0.717) is 0 Å². The van der Waals surface area contributed by atoms with Crippen LogP contribution < -0.4 is 4.74 Å². The highest BCUT2D eigenvalue weighted by atomic mass is 35.5. The summed E-state index contributed by atoms with van der Waals surface area (Å²) in [5, 5.41) is 8.82. The van der Waals surface area contributed by atoms with E-state index in [2.05, 4.69) is 4.98 Å². The summed E-state index contributed by atoms with van der Waals surface area (Å²) < 4.78 is 28.3. The number of pyridine rings is 1. The van der Waals surface area contributed by atoms with Gasteiger partial charge in [-0.1, -0.05) is 17.7 Å². The Morgan fingerprint density at radius 3 is 2.62 bits per heavy atom. The maximum atomic E-state index is 11.5. The Bertz CT molecular complexity index is 804. The molecule has 0 aliphatic carbocycles. The smallest absolute Gasteiger partial charge is 0.337 e. The highest BCUT2D eigenvalue weighted by Gasteiger charge is 2.12. The van der Waals surface area contributed by atoms with E-state index in [1.807, 2.05) is 0 Å². The zero-order valence-corrected chi connectivity index (χ0v) is 12.4. The molecule has 6 nitrogen and oxygen atoms in total. The summed E-state index contributed by atoms with van der Waals surface area (Å²) >= 11 is 5.88. The van der Waals surface area contributed by atoms with Gasteiger partial charge in [-0.3, -0.25) is 0 Å². The highest BCUT2D eigenvalue weighted by Crippen LogP contribution is 2.28. The van der Waals surface area contributed by atoms with Crippen LogP contribution in [-0.2, 0) is 9.84 Å². The lowest BCUT2D eigenvalue weighted by atomic mass is 10.3. The second-order valence-electron chi connectivity index (χ2n) is 4.17. The molecular weight excluding hydrogens is 318 g/mol. The number of rotatable bonds is 4. The molecule has 0 unspecified atom stereocenters. The Hall–Kier alpha value is -2.12. The third kappa shape index (κ3) is 3.71. The van der Waals surface area contributed by atoms with Crippen LogP contribution in [0.4, 0.5) is 0 Å². The third-order valence-electron chi connectivity index (χ3n) is 2.50. The average molecular weight is 328 g/mol. The summed E-state index contributed by atoms with van der Waals surface area (Å²) in [4.78, 5) is 14.7. The lowest BCUT2D eigenvalue weighted by Gasteiger charge is -2.08. The fourth-order valence-corrected chi connectivity index (χ4v) is 2.36. The summed E-state index contributed by atoms with van der Waals surface area (Å²) in [6.45, 7) is 0. The number of aromatic nitrogens is 1.